The summed E-state index contributed by atoms with van der Waals surface area (Å²) in [7, 11) is 0. The smallest absolute Gasteiger partial charge is 0.230 e. The Kier molecular flexibility index (Phi) is 6.38. The van der Waals surface area contributed by atoms with Crippen LogP contribution in [0.15, 0.2) is 54.2 Å². The van der Waals surface area contributed by atoms with Crippen LogP contribution in [0.25, 0.3) is 0 Å². The van der Waals surface area contributed by atoms with E-state index >= 15 is 0 Å². The van der Waals surface area contributed by atoms with E-state index in [0.29, 0.717) is 12.4 Å². The molecule has 0 saturated carbocycles. The van der Waals surface area contributed by atoms with E-state index in [-0.39, 0.29) is 18.4 Å². The van der Waals surface area contributed by atoms with E-state index in [9.17, 15) is 4.79 Å². The number of carbonyl (C=O) groups excluding carboxylic acids is 1. The molecule has 2 heterocycles. The van der Waals surface area contributed by atoms with Gasteiger partial charge in [0.2, 0.25) is 5.91 Å². The predicted molar refractivity (Wildman–Crippen MR) is 105 cm³/mol. The van der Waals surface area contributed by atoms with Crippen LogP contribution >= 0.6 is 11.3 Å². The summed E-state index contributed by atoms with van der Waals surface area (Å²) in [5.74, 6) is 1.36. The van der Waals surface area contributed by atoms with Gasteiger partial charge in [-0.2, -0.15) is 0 Å². The SMILES string of the molecule is CC(C)Oc1ccc(NC(=O)Cc2csc(COc3cccnc3)n2)cc1. The average molecular weight is 383 g/mol. The third-order valence-electron chi connectivity index (χ3n) is 3.45. The molecule has 0 bridgehead atoms. The van der Waals surface area contributed by atoms with E-state index in [1.165, 1.54) is 11.3 Å². The van der Waals surface area contributed by atoms with Gasteiger partial charge in [0.25, 0.3) is 0 Å². The highest BCUT2D eigenvalue weighted by atomic mass is 32.1. The van der Waals surface area contributed by atoms with Gasteiger partial charge < -0.3 is 14.8 Å². The molecule has 2 aromatic heterocycles. The molecule has 0 spiro atoms. The highest BCUT2D eigenvalue weighted by molar-refractivity contribution is 7.09. The topological polar surface area (TPSA) is 73.3 Å². The number of carbonyl (C=O) groups is 1. The van der Waals surface area contributed by atoms with Gasteiger partial charge >= 0.3 is 0 Å². The quantitative estimate of drug-likeness (QED) is 0.634. The summed E-state index contributed by atoms with van der Waals surface area (Å²) in [5, 5.41) is 5.56. The number of thiazole rings is 1. The second-order valence-corrected chi connectivity index (χ2v) is 7.07. The number of hydrogen-bond acceptors (Lipinski definition) is 6. The normalized spacial score (nSPS) is 10.6. The lowest BCUT2D eigenvalue weighted by molar-refractivity contribution is -0.115. The maximum Gasteiger partial charge on any atom is 0.230 e. The number of nitrogens with zero attached hydrogens (tertiary/aromatic N) is 2. The molecule has 0 aliphatic rings. The standard InChI is InChI=1S/C20H21N3O3S/c1-14(2)26-17-7-5-15(6-8-17)22-19(24)10-16-13-27-20(23-16)12-25-18-4-3-9-21-11-18/h3-9,11,13-14H,10,12H2,1-2H3,(H,22,24). The predicted octanol–water partition coefficient (Wildman–Crippen LogP) is 4.09. The van der Waals surface area contributed by atoms with Crippen LogP contribution < -0.4 is 14.8 Å². The molecule has 0 aliphatic heterocycles. The molecular formula is C20H21N3O3S. The van der Waals surface area contributed by atoms with E-state index in [1.54, 1.807) is 12.4 Å². The number of anilines is 1. The van der Waals surface area contributed by atoms with Crippen molar-refractivity contribution in [2.24, 2.45) is 0 Å². The zero-order chi connectivity index (χ0) is 19.1. The number of hydrogen-bond donors (Lipinski definition) is 1. The van der Waals surface area contributed by atoms with E-state index in [0.717, 1.165) is 22.1 Å². The summed E-state index contributed by atoms with van der Waals surface area (Å²) >= 11 is 1.47. The van der Waals surface area contributed by atoms with Gasteiger partial charge in [0.1, 0.15) is 23.1 Å². The summed E-state index contributed by atoms with van der Waals surface area (Å²) in [6.45, 7) is 4.30. The van der Waals surface area contributed by atoms with Crippen LogP contribution in [-0.4, -0.2) is 22.0 Å². The van der Waals surface area contributed by atoms with Crippen molar-refractivity contribution in [2.45, 2.75) is 33.0 Å². The Balaban J connectivity index is 1.48. The van der Waals surface area contributed by atoms with Crippen LogP contribution in [0.1, 0.15) is 24.5 Å². The minimum absolute atomic E-state index is 0.113. The molecule has 1 amide bonds. The molecule has 3 aromatic rings. The first-order valence-electron chi connectivity index (χ1n) is 8.61. The fourth-order valence-corrected chi connectivity index (χ4v) is 3.04. The number of pyridine rings is 1. The van der Waals surface area contributed by atoms with Crippen molar-refractivity contribution >= 4 is 22.9 Å². The van der Waals surface area contributed by atoms with E-state index in [2.05, 4.69) is 15.3 Å². The van der Waals surface area contributed by atoms with Gasteiger partial charge in [0, 0.05) is 17.3 Å². The van der Waals surface area contributed by atoms with Crippen LogP contribution in [0.2, 0.25) is 0 Å². The zero-order valence-electron chi connectivity index (χ0n) is 15.2. The first-order valence-corrected chi connectivity index (χ1v) is 9.49. The molecular weight excluding hydrogens is 362 g/mol. The van der Waals surface area contributed by atoms with Crippen molar-refractivity contribution in [3.63, 3.8) is 0 Å². The van der Waals surface area contributed by atoms with Crippen molar-refractivity contribution in [1.29, 1.82) is 0 Å². The summed E-state index contributed by atoms with van der Waals surface area (Å²) in [4.78, 5) is 20.7. The summed E-state index contributed by atoms with van der Waals surface area (Å²) in [6, 6.07) is 11.0. The maximum absolute atomic E-state index is 12.2. The molecule has 1 N–H and O–H groups in total. The number of aromatic nitrogens is 2. The Morgan fingerprint density at radius 2 is 2.00 bits per heavy atom. The first-order chi connectivity index (χ1) is 13.1. The van der Waals surface area contributed by atoms with Crippen LogP contribution in [0.5, 0.6) is 11.5 Å². The molecule has 0 radical (unpaired) electrons. The monoisotopic (exact) mass is 383 g/mol. The zero-order valence-corrected chi connectivity index (χ0v) is 16.0. The molecule has 1 aromatic carbocycles. The van der Waals surface area contributed by atoms with Gasteiger partial charge in [-0.1, -0.05) is 0 Å². The molecule has 0 unspecified atom stereocenters. The molecule has 140 valence electrons. The van der Waals surface area contributed by atoms with Gasteiger partial charge in [0.15, 0.2) is 0 Å². The van der Waals surface area contributed by atoms with E-state index in [4.69, 9.17) is 9.47 Å². The van der Waals surface area contributed by atoms with E-state index < -0.39 is 0 Å². The fraction of sp³-hybridized carbons (Fsp3) is 0.250. The lowest BCUT2D eigenvalue weighted by Crippen LogP contribution is -2.14. The Morgan fingerprint density at radius 1 is 1.19 bits per heavy atom. The lowest BCUT2D eigenvalue weighted by atomic mass is 10.2. The van der Waals surface area contributed by atoms with Gasteiger partial charge in [0.05, 0.1) is 24.4 Å². The van der Waals surface area contributed by atoms with Crippen LogP contribution in [0, 0.1) is 0 Å². The Bertz CT molecular complexity index is 864. The number of nitrogens with one attached hydrogen (secondary N) is 1. The third-order valence-corrected chi connectivity index (χ3v) is 4.32. The molecule has 6 nitrogen and oxygen atoms in total. The molecule has 0 saturated heterocycles. The number of rotatable bonds is 8. The Morgan fingerprint density at radius 3 is 2.70 bits per heavy atom. The minimum Gasteiger partial charge on any atom is -0.491 e. The molecule has 0 aliphatic carbocycles. The number of benzene rings is 1. The van der Waals surface area contributed by atoms with Crippen molar-refractivity contribution in [2.75, 3.05) is 5.32 Å². The van der Waals surface area contributed by atoms with Crippen LogP contribution in [-0.2, 0) is 17.8 Å². The van der Waals surface area contributed by atoms with Gasteiger partial charge in [-0.05, 0) is 50.2 Å². The molecule has 3 rings (SSSR count). The highest BCUT2D eigenvalue weighted by Gasteiger charge is 2.09. The van der Waals surface area contributed by atoms with Gasteiger partial charge in [-0.15, -0.1) is 11.3 Å². The Labute approximate surface area is 162 Å². The number of amides is 1. The first kappa shape index (κ1) is 18.8. The Hall–Kier alpha value is -2.93. The van der Waals surface area contributed by atoms with Gasteiger partial charge in [-0.3, -0.25) is 9.78 Å². The van der Waals surface area contributed by atoms with Crippen LogP contribution in [0.4, 0.5) is 5.69 Å². The summed E-state index contributed by atoms with van der Waals surface area (Å²) in [5.41, 5.74) is 1.45. The second-order valence-electron chi connectivity index (χ2n) is 6.13. The molecule has 27 heavy (non-hydrogen) atoms. The largest absolute Gasteiger partial charge is 0.491 e. The molecule has 0 fully saturated rings. The minimum atomic E-state index is -0.113. The fourth-order valence-electron chi connectivity index (χ4n) is 2.33. The number of ether oxygens (including phenoxy) is 2. The maximum atomic E-state index is 12.2. The van der Waals surface area contributed by atoms with E-state index in [1.807, 2.05) is 55.6 Å². The highest BCUT2D eigenvalue weighted by Crippen LogP contribution is 2.18. The molecule has 0 atom stereocenters. The van der Waals surface area contributed by atoms with Crippen molar-refractivity contribution in [1.82, 2.24) is 9.97 Å². The van der Waals surface area contributed by atoms with Crippen LogP contribution in [0.3, 0.4) is 0 Å². The summed E-state index contributed by atoms with van der Waals surface area (Å²) < 4.78 is 11.2. The third kappa shape index (κ3) is 6.07. The van der Waals surface area contributed by atoms with Crippen molar-refractivity contribution in [3.8, 4) is 11.5 Å². The van der Waals surface area contributed by atoms with Crippen molar-refractivity contribution in [3.05, 3.63) is 64.9 Å². The second kappa shape index (κ2) is 9.14. The summed E-state index contributed by atoms with van der Waals surface area (Å²) in [6.07, 6.45) is 3.68. The average Bonchev–Trinajstić information content (AvgIpc) is 3.09. The van der Waals surface area contributed by atoms with Gasteiger partial charge in [-0.25, -0.2) is 4.98 Å². The lowest BCUT2D eigenvalue weighted by Gasteiger charge is -2.10. The molecule has 7 heteroatoms. The van der Waals surface area contributed by atoms with Crippen molar-refractivity contribution < 1.29 is 14.3 Å².